The summed E-state index contributed by atoms with van der Waals surface area (Å²) in [4.78, 5) is 28.9. The van der Waals surface area contributed by atoms with E-state index in [-0.39, 0.29) is 23.7 Å². The van der Waals surface area contributed by atoms with Crippen LogP contribution in [-0.4, -0.2) is 60.9 Å². The summed E-state index contributed by atoms with van der Waals surface area (Å²) in [7, 11) is 2.17. The zero-order chi connectivity index (χ0) is 16.2. The van der Waals surface area contributed by atoms with E-state index in [0.717, 1.165) is 45.3 Å². The smallest absolute Gasteiger partial charge is 0.225 e. The van der Waals surface area contributed by atoms with Gasteiger partial charge in [0.15, 0.2) is 0 Å². The predicted octanol–water partition coefficient (Wildman–Crippen LogP) is 1.63. The van der Waals surface area contributed by atoms with Gasteiger partial charge in [0.1, 0.15) is 0 Å². The number of rotatable bonds is 6. The maximum atomic E-state index is 12.4. The topological polar surface area (TPSA) is 52.7 Å². The van der Waals surface area contributed by atoms with E-state index in [2.05, 4.69) is 17.3 Å². The Morgan fingerprint density at radius 3 is 2.48 bits per heavy atom. The molecule has 1 aliphatic heterocycles. The maximum absolute atomic E-state index is 12.4. The fraction of sp³-hybridized carbons (Fsp3) is 0.889. The Kier molecular flexibility index (Phi) is 5.57. The number of piperidine rings is 1. The Morgan fingerprint density at radius 1 is 1.04 bits per heavy atom. The molecule has 130 valence electrons. The molecule has 5 heteroatoms. The highest BCUT2D eigenvalue weighted by molar-refractivity contribution is 5.83. The average Bonchev–Trinajstić information content (AvgIpc) is 3.28. The van der Waals surface area contributed by atoms with Crippen molar-refractivity contribution >= 4 is 11.8 Å². The molecule has 2 amide bonds. The van der Waals surface area contributed by atoms with Crippen LogP contribution in [0.1, 0.15) is 51.4 Å². The van der Waals surface area contributed by atoms with Gasteiger partial charge in [0, 0.05) is 38.1 Å². The number of nitrogens with one attached hydrogen (secondary N) is 1. The molecule has 1 N–H and O–H groups in total. The molecule has 0 aromatic heterocycles. The standard InChI is InChI=1S/C18H31N3O2/c1-20(16-6-2-3-7-16)12-10-19-17(22)15-5-4-11-21(13-15)18(23)14-8-9-14/h14-16H,2-13H2,1H3,(H,19,22)/t15-/m1/s1. The number of hydrogen-bond acceptors (Lipinski definition) is 3. The lowest BCUT2D eigenvalue weighted by atomic mass is 9.96. The third-order valence-corrected chi connectivity index (χ3v) is 5.74. The molecule has 23 heavy (non-hydrogen) atoms. The summed E-state index contributed by atoms with van der Waals surface area (Å²) in [6.45, 7) is 3.11. The van der Waals surface area contributed by atoms with Crippen LogP contribution in [0, 0.1) is 11.8 Å². The number of likely N-dealkylation sites (tertiary alicyclic amines) is 1. The molecule has 0 aromatic rings. The van der Waals surface area contributed by atoms with Gasteiger partial charge in [-0.1, -0.05) is 12.8 Å². The van der Waals surface area contributed by atoms with Gasteiger partial charge in [-0.3, -0.25) is 9.59 Å². The lowest BCUT2D eigenvalue weighted by molar-refractivity contribution is -0.136. The van der Waals surface area contributed by atoms with Crippen molar-refractivity contribution in [3.05, 3.63) is 0 Å². The summed E-state index contributed by atoms with van der Waals surface area (Å²) < 4.78 is 0. The first-order valence-corrected chi connectivity index (χ1v) is 9.42. The second-order valence-corrected chi connectivity index (χ2v) is 7.61. The minimum atomic E-state index is -0.0109. The summed E-state index contributed by atoms with van der Waals surface area (Å²) in [5.74, 6) is 0.668. The summed E-state index contributed by atoms with van der Waals surface area (Å²) in [6.07, 6.45) is 9.23. The molecule has 1 heterocycles. The number of carbonyl (C=O) groups is 2. The molecule has 0 bridgehead atoms. The van der Waals surface area contributed by atoms with Crippen molar-refractivity contribution < 1.29 is 9.59 Å². The summed E-state index contributed by atoms with van der Waals surface area (Å²) in [6, 6.07) is 0.702. The highest BCUT2D eigenvalue weighted by Gasteiger charge is 2.36. The Morgan fingerprint density at radius 2 is 1.78 bits per heavy atom. The lowest BCUT2D eigenvalue weighted by Gasteiger charge is -2.32. The van der Waals surface area contributed by atoms with Gasteiger partial charge in [0.05, 0.1) is 5.92 Å². The zero-order valence-electron chi connectivity index (χ0n) is 14.4. The fourth-order valence-corrected chi connectivity index (χ4v) is 4.01. The van der Waals surface area contributed by atoms with E-state index in [9.17, 15) is 9.59 Å². The number of amides is 2. The predicted molar refractivity (Wildman–Crippen MR) is 89.9 cm³/mol. The lowest BCUT2D eigenvalue weighted by Crippen LogP contribution is -2.47. The molecular weight excluding hydrogens is 290 g/mol. The molecule has 3 fully saturated rings. The van der Waals surface area contributed by atoms with Crippen molar-refractivity contribution in [3.8, 4) is 0 Å². The van der Waals surface area contributed by atoms with Gasteiger partial charge in [0.2, 0.25) is 11.8 Å². The first-order chi connectivity index (χ1) is 11.1. The molecular formula is C18H31N3O2. The van der Waals surface area contributed by atoms with E-state index in [0.29, 0.717) is 12.6 Å². The molecule has 2 saturated carbocycles. The van der Waals surface area contributed by atoms with Gasteiger partial charge in [-0.15, -0.1) is 0 Å². The van der Waals surface area contributed by atoms with Crippen LogP contribution in [0.2, 0.25) is 0 Å². The van der Waals surface area contributed by atoms with Crippen LogP contribution in [0.25, 0.3) is 0 Å². The molecule has 3 aliphatic rings. The SMILES string of the molecule is CN(CCNC(=O)[C@@H]1CCCN(C(=O)C2CC2)C1)C1CCCC1. The van der Waals surface area contributed by atoms with Gasteiger partial charge < -0.3 is 15.1 Å². The Bertz CT molecular complexity index is 430. The second kappa shape index (κ2) is 7.65. The second-order valence-electron chi connectivity index (χ2n) is 7.61. The molecule has 0 spiro atoms. The first-order valence-electron chi connectivity index (χ1n) is 9.42. The van der Waals surface area contributed by atoms with E-state index in [1.807, 2.05) is 4.90 Å². The molecule has 0 aromatic carbocycles. The first kappa shape index (κ1) is 16.7. The maximum Gasteiger partial charge on any atom is 0.225 e. The van der Waals surface area contributed by atoms with E-state index in [1.54, 1.807) is 0 Å². The fourth-order valence-electron chi connectivity index (χ4n) is 4.01. The van der Waals surface area contributed by atoms with Crippen LogP contribution in [0.4, 0.5) is 0 Å². The molecule has 1 saturated heterocycles. The monoisotopic (exact) mass is 321 g/mol. The summed E-state index contributed by atoms with van der Waals surface area (Å²) in [5, 5.41) is 3.09. The third-order valence-electron chi connectivity index (χ3n) is 5.74. The van der Waals surface area contributed by atoms with Crippen molar-refractivity contribution in [2.24, 2.45) is 11.8 Å². The number of nitrogens with zero attached hydrogens (tertiary/aromatic N) is 2. The number of likely N-dealkylation sites (N-methyl/N-ethyl adjacent to an activating group) is 1. The van der Waals surface area contributed by atoms with E-state index >= 15 is 0 Å². The Balaban J connectivity index is 1.38. The van der Waals surface area contributed by atoms with Crippen molar-refractivity contribution in [3.63, 3.8) is 0 Å². The van der Waals surface area contributed by atoms with Crippen LogP contribution in [-0.2, 0) is 9.59 Å². The molecule has 0 radical (unpaired) electrons. The quantitative estimate of drug-likeness (QED) is 0.809. The van der Waals surface area contributed by atoms with Crippen molar-refractivity contribution in [1.29, 1.82) is 0 Å². The molecule has 5 nitrogen and oxygen atoms in total. The van der Waals surface area contributed by atoms with Crippen molar-refractivity contribution in [2.75, 3.05) is 33.2 Å². The van der Waals surface area contributed by atoms with Crippen molar-refractivity contribution in [2.45, 2.75) is 57.4 Å². The molecule has 3 rings (SSSR count). The van der Waals surface area contributed by atoms with Crippen LogP contribution >= 0.6 is 0 Å². The minimum absolute atomic E-state index is 0.0109. The van der Waals surface area contributed by atoms with Crippen LogP contribution in [0.15, 0.2) is 0 Å². The van der Waals surface area contributed by atoms with Crippen LogP contribution in [0.3, 0.4) is 0 Å². The highest BCUT2D eigenvalue weighted by atomic mass is 16.2. The third kappa shape index (κ3) is 4.46. The normalized spacial score (nSPS) is 25.8. The Labute approximate surface area is 139 Å². The largest absolute Gasteiger partial charge is 0.355 e. The van der Waals surface area contributed by atoms with Gasteiger partial charge in [-0.05, 0) is 45.6 Å². The van der Waals surface area contributed by atoms with Gasteiger partial charge in [-0.2, -0.15) is 0 Å². The van der Waals surface area contributed by atoms with Gasteiger partial charge in [-0.25, -0.2) is 0 Å². The van der Waals surface area contributed by atoms with Gasteiger partial charge >= 0.3 is 0 Å². The molecule has 1 atom stereocenters. The Hall–Kier alpha value is -1.10. The van der Waals surface area contributed by atoms with E-state index in [4.69, 9.17) is 0 Å². The number of carbonyl (C=O) groups excluding carboxylic acids is 2. The average molecular weight is 321 g/mol. The minimum Gasteiger partial charge on any atom is -0.355 e. The summed E-state index contributed by atoms with van der Waals surface area (Å²) >= 11 is 0. The van der Waals surface area contributed by atoms with E-state index < -0.39 is 0 Å². The molecule has 2 aliphatic carbocycles. The molecule has 0 unspecified atom stereocenters. The number of hydrogen-bond donors (Lipinski definition) is 1. The highest BCUT2D eigenvalue weighted by Crippen LogP contribution is 2.32. The van der Waals surface area contributed by atoms with E-state index in [1.165, 1.54) is 25.7 Å². The zero-order valence-corrected chi connectivity index (χ0v) is 14.4. The van der Waals surface area contributed by atoms with Crippen LogP contribution < -0.4 is 5.32 Å². The van der Waals surface area contributed by atoms with Crippen LogP contribution in [0.5, 0.6) is 0 Å². The van der Waals surface area contributed by atoms with Gasteiger partial charge in [0.25, 0.3) is 0 Å². The summed E-state index contributed by atoms with van der Waals surface area (Å²) in [5.41, 5.74) is 0. The van der Waals surface area contributed by atoms with Crippen molar-refractivity contribution in [1.82, 2.24) is 15.1 Å².